The van der Waals surface area contributed by atoms with Gasteiger partial charge in [-0.05, 0) is 81.9 Å². The van der Waals surface area contributed by atoms with Crippen molar-refractivity contribution in [1.29, 1.82) is 21.0 Å². The molecule has 0 radical (unpaired) electrons. The van der Waals surface area contributed by atoms with Crippen molar-refractivity contribution >= 4 is 5.57 Å². The summed E-state index contributed by atoms with van der Waals surface area (Å²) in [6.07, 6.45) is -0.136. The van der Waals surface area contributed by atoms with E-state index in [0.29, 0.717) is 61.2 Å². The number of hydrogen-bond donors (Lipinski definition) is 0. The summed E-state index contributed by atoms with van der Waals surface area (Å²) in [5.41, 5.74) is 6.41. The van der Waals surface area contributed by atoms with Gasteiger partial charge in [0, 0.05) is 16.7 Å². The van der Waals surface area contributed by atoms with Crippen molar-refractivity contribution in [2.24, 2.45) is 0 Å². The maximum atomic E-state index is 13.6. The molecule has 1 aliphatic rings. The molecule has 1 aliphatic carbocycles. The molecule has 0 saturated carbocycles. The maximum Gasteiger partial charge on any atom is 0.123 e. The topological polar surface area (TPSA) is 95.2 Å². The molecule has 5 rings (SSSR count). The number of nitrogens with zero attached hydrogens (tertiary/aromatic N) is 4. The van der Waals surface area contributed by atoms with Crippen LogP contribution in [-0.4, -0.2) is 0 Å². The van der Waals surface area contributed by atoms with Crippen LogP contribution >= 0.6 is 0 Å². The molecule has 0 N–H and O–H groups in total. The van der Waals surface area contributed by atoms with Crippen molar-refractivity contribution < 1.29 is 8.78 Å². The van der Waals surface area contributed by atoms with E-state index in [1.165, 1.54) is 24.3 Å². The zero-order valence-corrected chi connectivity index (χ0v) is 19.2. The summed E-state index contributed by atoms with van der Waals surface area (Å²) in [7, 11) is 0. The normalized spacial score (nSPS) is 10.9. The fourth-order valence-electron chi connectivity index (χ4n) is 4.71. The van der Waals surface area contributed by atoms with Gasteiger partial charge in [-0.3, -0.25) is 0 Å². The lowest BCUT2D eigenvalue weighted by atomic mass is 9.91. The first kappa shape index (κ1) is 23.2. The monoisotopic (exact) mass is 480 g/mol. The van der Waals surface area contributed by atoms with Crippen LogP contribution in [0.1, 0.15) is 28.7 Å². The molecule has 0 aliphatic heterocycles. The molecule has 0 spiro atoms. The van der Waals surface area contributed by atoms with E-state index in [-0.39, 0.29) is 12.0 Å². The third-order valence-electron chi connectivity index (χ3n) is 6.39. The van der Waals surface area contributed by atoms with E-state index < -0.39 is 11.6 Å². The Morgan fingerprint density at radius 2 is 1.00 bits per heavy atom. The maximum absolute atomic E-state index is 13.6. The van der Waals surface area contributed by atoms with Gasteiger partial charge in [-0.15, -0.1) is 0 Å². The number of benzene rings is 4. The van der Waals surface area contributed by atoms with Crippen LogP contribution in [-0.2, 0) is 0 Å². The van der Waals surface area contributed by atoms with E-state index in [1.807, 2.05) is 6.07 Å². The average molecular weight is 480 g/mol. The summed E-state index contributed by atoms with van der Waals surface area (Å²) in [5, 5.41) is 39.2. The van der Waals surface area contributed by atoms with Crippen LogP contribution in [0, 0.1) is 57.0 Å². The summed E-state index contributed by atoms with van der Waals surface area (Å²) in [5.74, 6) is -0.816. The van der Waals surface area contributed by atoms with Gasteiger partial charge in [0.2, 0.25) is 0 Å². The Kier molecular flexibility index (Phi) is 5.79. The summed E-state index contributed by atoms with van der Waals surface area (Å²) >= 11 is 0. The fourth-order valence-corrected chi connectivity index (χ4v) is 4.71. The molecular formula is C31H14F2N4. The quantitative estimate of drug-likeness (QED) is 0.254. The van der Waals surface area contributed by atoms with E-state index >= 15 is 0 Å². The largest absolute Gasteiger partial charge is 0.207 e. The number of fused-ring (bicyclic) bond motifs is 3. The average Bonchev–Trinajstić information content (AvgIpc) is 3.23. The molecule has 4 aromatic carbocycles. The van der Waals surface area contributed by atoms with Gasteiger partial charge >= 0.3 is 0 Å². The van der Waals surface area contributed by atoms with Crippen LogP contribution in [0.5, 0.6) is 0 Å². The highest BCUT2D eigenvalue weighted by Gasteiger charge is 2.30. The molecule has 172 valence electrons. The molecular weight excluding hydrogens is 466 g/mol. The van der Waals surface area contributed by atoms with Gasteiger partial charge in [-0.1, -0.05) is 24.3 Å². The molecule has 0 aromatic heterocycles. The van der Waals surface area contributed by atoms with E-state index in [9.17, 15) is 29.8 Å². The third-order valence-corrected chi connectivity index (χ3v) is 6.39. The Morgan fingerprint density at radius 3 is 1.35 bits per heavy atom. The minimum Gasteiger partial charge on any atom is -0.207 e. The second-order valence-electron chi connectivity index (χ2n) is 8.42. The summed E-state index contributed by atoms with van der Waals surface area (Å²) in [6, 6.07) is 27.0. The predicted molar refractivity (Wildman–Crippen MR) is 134 cm³/mol. The fraction of sp³-hybridized carbons (Fsp3) is 0.0323. The van der Waals surface area contributed by atoms with Crippen molar-refractivity contribution in [3.63, 3.8) is 0 Å². The van der Waals surface area contributed by atoms with Crippen LogP contribution in [0.15, 0.2) is 78.4 Å². The van der Waals surface area contributed by atoms with Crippen molar-refractivity contribution in [2.45, 2.75) is 6.42 Å². The molecule has 4 aromatic rings. The molecule has 0 fully saturated rings. The second-order valence-corrected chi connectivity index (χ2v) is 8.42. The number of halogens is 2. The summed E-state index contributed by atoms with van der Waals surface area (Å²) in [4.78, 5) is 0. The minimum absolute atomic E-state index is 0.136. The predicted octanol–water partition coefficient (Wildman–Crippen LogP) is 7.26. The molecule has 0 atom stereocenters. The Labute approximate surface area is 211 Å². The van der Waals surface area contributed by atoms with Gasteiger partial charge in [-0.25, -0.2) is 8.78 Å². The molecule has 37 heavy (non-hydrogen) atoms. The standard InChI is InChI=1S/C31H14F2N4/c32-23-5-1-18(2-6-23)25-13-29-27(11-21(25)16-36)28-12-22(17-37)26(19-3-7-24(33)8-4-19)14-30(28)31(29)20(15-35)9-10-34/h1-8,11-14H,9H2. The molecule has 0 amide bonds. The van der Waals surface area contributed by atoms with Crippen molar-refractivity contribution in [3.05, 3.63) is 112 Å². The van der Waals surface area contributed by atoms with E-state index in [0.717, 1.165) is 0 Å². The Balaban J connectivity index is 1.85. The van der Waals surface area contributed by atoms with E-state index in [1.54, 1.807) is 48.5 Å². The lowest BCUT2D eigenvalue weighted by Crippen LogP contribution is -1.93. The third kappa shape index (κ3) is 3.90. The van der Waals surface area contributed by atoms with Crippen molar-refractivity contribution in [1.82, 2.24) is 0 Å². The number of hydrogen-bond acceptors (Lipinski definition) is 4. The Hall–Kier alpha value is -5.56. The first-order chi connectivity index (χ1) is 18.0. The lowest BCUT2D eigenvalue weighted by Gasteiger charge is -2.11. The molecule has 0 heterocycles. The van der Waals surface area contributed by atoms with E-state index in [2.05, 4.69) is 18.2 Å². The van der Waals surface area contributed by atoms with Gasteiger partial charge in [0.05, 0.1) is 47.4 Å². The highest BCUT2D eigenvalue weighted by molar-refractivity contribution is 6.06. The van der Waals surface area contributed by atoms with Gasteiger partial charge in [-0.2, -0.15) is 21.0 Å². The summed E-state index contributed by atoms with van der Waals surface area (Å²) < 4.78 is 27.1. The van der Waals surface area contributed by atoms with Crippen molar-refractivity contribution in [3.8, 4) is 57.7 Å². The van der Waals surface area contributed by atoms with Crippen LogP contribution in [0.4, 0.5) is 8.78 Å². The molecule has 0 saturated heterocycles. The van der Waals surface area contributed by atoms with Crippen LogP contribution in [0.3, 0.4) is 0 Å². The first-order valence-corrected chi connectivity index (χ1v) is 11.2. The van der Waals surface area contributed by atoms with E-state index in [4.69, 9.17) is 0 Å². The number of nitriles is 4. The SMILES string of the molecule is N#CCC(C#N)=C1c2cc(-c3ccc(F)cc3)c(C#N)cc2-c2cc(C#N)c(-c3ccc(F)cc3)cc21. The smallest absolute Gasteiger partial charge is 0.123 e. The van der Waals surface area contributed by atoms with Gasteiger partial charge in [0.15, 0.2) is 0 Å². The molecule has 6 heteroatoms. The highest BCUT2D eigenvalue weighted by atomic mass is 19.1. The lowest BCUT2D eigenvalue weighted by molar-refractivity contribution is 0.627. The second kappa shape index (κ2) is 9.24. The zero-order chi connectivity index (χ0) is 26.1. The van der Waals surface area contributed by atoms with Gasteiger partial charge < -0.3 is 0 Å². The Bertz CT molecular complexity index is 1670. The molecule has 0 bridgehead atoms. The van der Waals surface area contributed by atoms with Gasteiger partial charge in [0.25, 0.3) is 0 Å². The highest BCUT2D eigenvalue weighted by Crippen LogP contribution is 2.50. The van der Waals surface area contributed by atoms with Crippen LogP contribution < -0.4 is 0 Å². The first-order valence-electron chi connectivity index (χ1n) is 11.2. The minimum atomic E-state index is -0.408. The van der Waals surface area contributed by atoms with Crippen LogP contribution in [0.2, 0.25) is 0 Å². The Morgan fingerprint density at radius 1 is 0.568 bits per heavy atom. The number of allylic oxidation sites excluding steroid dienone is 1. The number of rotatable bonds is 3. The van der Waals surface area contributed by atoms with Crippen molar-refractivity contribution in [2.75, 3.05) is 0 Å². The zero-order valence-electron chi connectivity index (χ0n) is 19.2. The molecule has 0 unspecified atom stereocenters. The molecule has 4 nitrogen and oxygen atoms in total. The summed E-state index contributed by atoms with van der Waals surface area (Å²) in [6.45, 7) is 0. The van der Waals surface area contributed by atoms with Crippen LogP contribution in [0.25, 0.3) is 39.0 Å². The van der Waals surface area contributed by atoms with Gasteiger partial charge in [0.1, 0.15) is 11.6 Å².